The molecule has 1 aliphatic carbocycles. The molecule has 232 valence electrons. The fraction of sp³-hybridized carbons (Fsp3) is 0.0652. The van der Waals surface area contributed by atoms with Gasteiger partial charge in [0.25, 0.3) is 0 Å². The summed E-state index contributed by atoms with van der Waals surface area (Å²) >= 11 is 0. The molecule has 3 nitrogen and oxygen atoms in total. The maximum atomic E-state index is 14.0. The van der Waals surface area contributed by atoms with Gasteiger partial charge in [-0.1, -0.05) is 117 Å². The molecular formula is C46H31NO2. The number of fused-ring (bicyclic) bond motifs is 8. The number of aromatic nitrogens is 1. The molecule has 0 fully saturated rings. The monoisotopic (exact) mass is 629 g/mol. The van der Waals surface area contributed by atoms with Gasteiger partial charge in [0.1, 0.15) is 11.2 Å². The lowest BCUT2D eigenvalue weighted by atomic mass is 9.82. The standard InChI is InChI=1S/C46H31NO2/c1-46(2)39-20-8-6-16-33(39)37-27-42-38(26-40(37)46)34-17-7-9-21-41(34)47(42)31-22-23-35-43(25-31)49-45-32(18-11-19-36(45)44(35)48)30-15-10-14-29(24-30)28-12-4-3-5-13-28/h3-27H,1-2H3. The Morgan fingerprint density at radius 1 is 0.490 bits per heavy atom. The van der Waals surface area contributed by atoms with Crippen LogP contribution >= 0.6 is 0 Å². The second-order valence-corrected chi connectivity index (χ2v) is 13.7. The smallest absolute Gasteiger partial charge is 0.200 e. The Morgan fingerprint density at radius 2 is 1.20 bits per heavy atom. The lowest BCUT2D eigenvalue weighted by Crippen LogP contribution is -2.14. The summed E-state index contributed by atoms with van der Waals surface area (Å²) in [4.78, 5) is 14.0. The van der Waals surface area contributed by atoms with Crippen molar-refractivity contribution in [2.75, 3.05) is 0 Å². The molecule has 9 aromatic rings. The average Bonchev–Trinajstić information content (AvgIpc) is 3.59. The highest BCUT2D eigenvalue weighted by Gasteiger charge is 2.36. The van der Waals surface area contributed by atoms with Gasteiger partial charge in [-0.15, -0.1) is 0 Å². The molecule has 7 aromatic carbocycles. The molecule has 2 aromatic heterocycles. The Hall–Kier alpha value is -6.19. The minimum absolute atomic E-state index is 0.0252. The SMILES string of the molecule is CC1(C)c2ccccc2-c2cc3c(cc21)c1ccccc1n3-c1ccc2c(=O)c3cccc(-c4cccc(-c5ccccc5)c4)c3oc2c1. The van der Waals surface area contributed by atoms with Crippen molar-refractivity contribution >= 4 is 43.7 Å². The van der Waals surface area contributed by atoms with E-state index in [2.05, 4.69) is 122 Å². The fourth-order valence-corrected chi connectivity index (χ4v) is 8.17. The first-order valence-electron chi connectivity index (χ1n) is 16.8. The van der Waals surface area contributed by atoms with Gasteiger partial charge in [-0.25, -0.2) is 0 Å². The Morgan fingerprint density at radius 3 is 2.10 bits per heavy atom. The molecule has 0 radical (unpaired) electrons. The van der Waals surface area contributed by atoms with Crippen molar-refractivity contribution < 1.29 is 4.42 Å². The van der Waals surface area contributed by atoms with Crippen LogP contribution in [0.5, 0.6) is 0 Å². The third-order valence-electron chi connectivity index (χ3n) is 10.6. The van der Waals surface area contributed by atoms with Crippen LogP contribution in [0.2, 0.25) is 0 Å². The predicted molar refractivity (Wildman–Crippen MR) is 203 cm³/mol. The van der Waals surface area contributed by atoms with Crippen molar-refractivity contribution in [2.24, 2.45) is 0 Å². The third-order valence-corrected chi connectivity index (χ3v) is 10.6. The molecule has 0 spiro atoms. The Bertz CT molecular complexity index is 2870. The van der Waals surface area contributed by atoms with Crippen LogP contribution in [0.25, 0.3) is 82.8 Å². The average molecular weight is 630 g/mol. The van der Waals surface area contributed by atoms with Gasteiger partial charge >= 0.3 is 0 Å². The van der Waals surface area contributed by atoms with E-state index in [1.165, 1.54) is 33.0 Å². The van der Waals surface area contributed by atoms with Gasteiger partial charge < -0.3 is 8.98 Å². The summed E-state index contributed by atoms with van der Waals surface area (Å²) in [6.45, 7) is 4.65. The van der Waals surface area contributed by atoms with Crippen molar-refractivity contribution in [3.8, 4) is 39.1 Å². The number of hydrogen-bond acceptors (Lipinski definition) is 2. The molecule has 3 heteroatoms. The van der Waals surface area contributed by atoms with E-state index in [1.807, 2.05) is 48.5 Å². The van der Waals surface area contributed by atoms with Crippen LogP contribution in [-0.2, 0) is 5.41 Å². The molecule has 0 amide bonds. The minimum atomic E-state index is -0.0882. The molecule has 49 heavy (non-hydrogen) atoms. The van der Waals surface area contributed by atoms with Gasteiger partial charge in [-0.2, -0.15) is 0 Å². The maximum absolute atomic E-state index is 14.0. The minimum Gasteiger partial charge on any atom is -0.455 e. The first-order chi connectivity index (χ1) is 24.0. The van der Waals surface area contributed by atoms with Gasteiger partial charge in [0, 0.05) is 33.5 Å². The van der Waals surface area contributed by atoms with Crippen molar-refractivity contribution in [1.82, 2.24) is 4.57 Å². The van der Waals surface area contributed by atoms with Crippen LogP contribution in [0, 0.1) is 0 Å². The maximum Gasteiger partial charge on any atom is 0.200 e. The first kappa shape index (κ1) is 27.9. The number of hydrogen-bond donors (Lipinski definition) is 0. The van der Waals surface area contributed by atoms with Crippen molar-refractivity contribution in [1.29, 1.82) is 0 Å². The van der Waals surface area contributed by atoms with Crippen LogP contribution < -0.4 is 5.43 Å². The highest BCUT2D eigenvalue weighted by molar-refractivity contribution is 6.11. The molecule has 1 aliphatic rings. The number of nitrogens with zero attached hydrogens (tertiary/aromatic N) is 1. The zero-order valence-electron chi connectivity index (χ0n) is 27.2. The van der Waals surface area contributed by atoms with E-state index in [4.69, 9.17) is 4.42 Å². The van der Waals surface area contributed by atoms with Crippen molar-refractivity contribution in [3.05, 3.63) is 173 Å². The second-order valence-electron chi connectivity index (χ2n) is 13.7. The quantitative estimate of drug-likeness (QED) is 0.182. The molecule has 0 aliphatic heterocycles. The molecule has 10 rings (SSSR count). The molecule has 2 heterocycles. The number of rotatable bonds is 3. The topological polar surface area (TPSA) is 35.1 Å². The first-order valence-corrected chi connectivity index (χ1v) is 16.8. The summed E-state index contributed by atoms with van der Waals surface area (Å²) in [5.41, 5.74) is 13.7. The second kappa shape index (κ2) is 10.2. The van der Waals surface area contributed by atoms with Gasteiger partial charge in [-0.05, 0) is 81.4 Å². The summed E-state index contributed by atoms with van der Waals surface area (Å²) < 4.78 is 9.07. The van der Waals surface area contributed by atoms with Gasteiger partial charge in [0.2, 0.25) is 5.43 Å². The summed E-state index contributed by atoms with van der Waals surface area (Å²) in [6, 6.07) is 52.7. The third kappa shape index (κ3) is 3.99. The summed E-state index contributed by atoms with van der Waals surface area (Å²) in [7, 11) is 0. The van der Waals surface area contributed by atoms with E-state index < -0.39 is 0 Å². The molecule has 0 unspecified atom stereocenters. The Kier molecular flexibility index (Phi) is 5.78. The number of para-hydroxylation sites is 2. The molecule has 0 saturated heterocycles. The fourth-order valence-electron chi connectivity index (χ4n) is 8.17. The van der Waals surface area contributed by atoms with Crippen molar-refractivity contribution in [2.45, 2.75) is 19.3 Å². The van der Waals surface area contributed by atoms with Crippen molar-refractivity contribution in [3.63, 3.8) is 0 Å². The molecule has 0 atom stereocenters. The highest BCUT2D eigenvalue weighted by atomic mass is 16.3. The normalized spacial score (nSPS) is 13.3. The molecular weight excluding hydrogens is 599 g/mol. The van der Waals surface area contributed by atoms with E-state index in [-0.39, 0.29) is 10.8 Å². The van der Waals surface area contributed by atoms with Crippen LogP contribution in [-0.4, -0.2) is 4.57 Å². The lowest BCUT2D eigenvalue weighted by molar-refractivity contribution is 0.661. The lowest BCUT2D eigenvalue weighted by Gasteiger charge is -2.21. The largest absolute Gasteiger partial charge is 0.455 e. The van der Waals surface area contributed by atoms with Crippen LogP contribution in [0.15, 0.2) is 161 Å². The van der Waals surface area contributed by atoms with Gasteiger partial charge in [-0.3, -0.25) is 4.79 Å². The van der Waals surface area contributed by atoms with Gasteiger partial charge in [0.15, 0.2) is 0 Å². The zero-order chi connectivity index (χ0) is 32.9. The predicted octanol–water partition coefficient (Wildman–Crippen LogP) is 11.7. The summed E-state index contributed by atoms with van der Waals surface area (Å²) in [5, 5.41) is 3.57. The summed E-state index contributed by atoms with van der Waals surface area (Å²) in [5.74, 6) is 0. The highest BCUT2D eigenvalue weighted by Crippen LogP contribution is 2.51. The molecule has 0 bridgehead atoms. The van der Waals surface area contributed by atoms with E-state index in [0.717, 1.165) is 39.0 Å². The van der Waals surface area contributed by atoms with E-state index in [0.29, 0.717) is 21.9 Å². The van der Waals surface area contributed by atoms with Crippen LogP contribution in [0.3, 0.4) is 0 Å². The molecule has 0 N–H and O–H groups in total. The Balaban J connectivity index is 1.21. The molecule has 0 saturated carbocycles. The van der Waals surface area contributed by atoms with Crippen LogP contribution in [0.4, 0.5) is 0 Å². The number of benzene rings is 7. The van der Waals surface area contributed by atoms with E-state index in [1.54, 1.807) is 0 Å². The van der Waals surface area contributed by atoms with Crippen LogP contribution in [0.1, 0.15) is 25.0 Å². The van der Waals surface area contributed by atoms with E-state index >= 15 is 0 Å². The Labute approximate surface area is 283 Å². The summed E-state index contributed by atoms with van der Waals surface area (Å²) in [6.07, 6.45) is 0. The zero-order valence-corrected chi connectivity index (χ0v) is 27.2. The van der Waals surface area contributed by atoms with Gasteiger partial charge in [0.05, 0.1) is 21.8 Å². The van der Waals surface area contributed by atoms with E-state index in [9.17, 15) is 4.79 Å².